The maximum atomic E-state index is 13.0. The van der Waals surface area contributed by atoms with Crippen molar-refractivity contribution in [3.8, 4) is 0 Å². The molecule has 36 heavy (non-hydrogen) atoms. The molecule has 0 aromatic heterocycles. The summed E-state index contributed by atoms with van der Waals surface area (Å²) in [4.78, 5) is 61.6. The first-order chi connectivity index (χ1) is 16.9. The summed E-state index contributed by atoms with van der Waals surface area (Å²) in [7, 11) is 0. The van der Waals surface area contributed by atoms with Crippen molar-refractivity contribution >= 4 is 29.6 Å². The second-order valence-electron chi connectivity index (χ2n) is 9.31. The third kappa shape index (κ3) is 12.8. The van der Waals surface area contributed by atoms with Gasteiger partial charge in [-0.3, -0.25) is 19.2 Å². The fraction of sp³-hybridized carbons (Fsp3) is 0.783. The van der Waals surface area contributed by atoms with Crippen molar-refractivity contribution in [1.29, 1.82) is 0 Å². The van der Waals surface area contributed by atoms with Crippen LogP contribution in [0.1, 0.15) is 59.8 Å². The van der Waals surface area contributed by atoms with Gasteiger partial charge >= 0.3 is 5.97 Å². The first-order valence-corrected chi connectivity index (χ1v) is 12.3. The molecule has 0 unspecified atom stereocenters. The number of carboxylic acid groups (broad SMARTS) is 1. The summed E-state index contributed by atoms with van der Waals surface area (Å²) >= 11 is 0. The predicted octanol–water partition coefficient (Wildman–Crippen LogP) is -1.82. The summed E-state index contributed by atoms with van der Waals surface area (Å²) < 4.78 is 0. The molecule has 0 aromatic rings. The van der Waals surface area contributed by atoms with Gasteiger partial charge in [0.15, 0.2) is 0 Å². The lowest BCUT2D eigenvalue weighted by Crippen LogP contribution is -2.58. The summed E-state index contributed by atoms with van der Waals surface area (Å²) in [6.07, 6.45) is 2.16. The number of unbranched alkanes of at least 4 members (excludes halogenated alkanes) is 1. The van der Waals surface area contributed by atoms with Gasteiger partial charge in [0.2, 0.25) is 23.6 Å². The average Bonchev–Trinajstić information content (AvgIpc) is 2.83. The van der Waals surface area contributed by atoms with Crippen LogP contribution in [0.25, 0.3) is 0 Å². The van der Waals surface area contributed by atoms with Crippen LogP contribution in [-0.2, 0) is 24.0 Å². The fourth-order valence-corrected chi connectivity index (χ4v) is 3.29. The highest BCUT2D eigenvalue weighted by Crippen LogP contribution is 2.11. The van der Waals surface area contributed by atoms with E-state index in [4.69, 9.17) is 16.6 Å². The van der Waals surface area contributed by atoms with Crippen LogP contribution < -0.4 is 32.7 Å². The minimum absolute atomic E-state index is 0.0259. The molecule has 0 radical (unpaired) electrons. The van der Waals surface area contributed by atoms with E-state index >= 15 is 0 Å². The number of hydrogen-bond acceptors (Lipinski definition) is 8. The zero-order valence-corrected chi connectivity index (χ0v) is 21.7. The second-order valence-corrected chi connectivity index (χ2v) is 9.31. The van der Waals surface area contributed by atoms with Crippen molar-refractivity contribution in [2.45, 2.75) is 84.0 Å². The Morgan fingerprint density at radius 2 is 1.53 bits per heavy atom. The Bertz CT molecular complexity index is 734. The molecule has 0 heterocycles. The number of aliphatic hydroxyl groups is 1. The predicted molar refractivity (Wildman–Crippen MR) is 133 cm³/mol. The summed E-state index contributed by atoms with van der Waals surface area (Å²) in [6, 6.07) is -4.28. The SMILES string of the molecule is CC[C@H](C)[C@H](NC(=O)[C@H](CC(C)C)NC(=O)[C@@H](N)CO)C(=O)NCC(=O)N[C@@H](CCCCN)C(=O)O. The number of nitrogens with one attached hydrogen (secondary N) is 4. The van der Waals surface area contributed by atoms with Gasteiger partial charge in [-0.05, 0) is 44.1 Å². The summed E-state index contributed by atoms with van der Waals surface area (Å²) in [5.41, 5.74) is 10.9. The third-order valence-corrected chi connectivity index (χ3v) is 5.67. The van der Waals surface area contributed by atoms with Crippen molar-refractivity contribution in [2.75, 3.05) is 19.7 Å². The van der Waals surface area contributed by atoms with Crippen LogP contribution in [0.4, 0.5) is 0 Å². The van der Waals surface area contributed by atoms with E-state index in [1.807, 2.05) is 20.8 Å². The monoisotopic (exact) mass is 516 g/mol. The van der Waals surface area contributed by atoms with E-state index in [1.165, 1.54) is 0 Å². The first-order valence-electron chi connectivity index (χ1n) is 12.3. The average molecular weight is 517 g/mol. The summed E-state index contributed by atoms with van der Waals surface area (Å²) in [5.74, 6) is -4.06. The van der Waals surface area contributed by atoms with E-state index in [1.54, 1.807) is 6.92 Å². The zero-order valence-electron chi connectivity index (χ0n) is 21.7. The smallest absolute Gasteiger partial charge is 0.326 e. The normalized spacial score (nSPS) is 15.2. The molecule has 0 bridgehead atoms. The Kier molecular flexibility index (Phi) is 16.3. The van der Waals surface area contributed by atoms with Gasteiger partial charge in [0, 0.05) is 0 Å². The van der Waals surface area contributed by atoms with Crippen molar-refractivity contribution in [3.05, 3.63) is 0 Å². The van der Waals surface area contributed by atoms with Gasteiger partial charge in [-0.25, -0.2) is 4.79 Å². The van der Waals surface area contributed by atoms with Gasteiger partial charge in [0.25, 0.3) is 0 Å². The van der Waals surface area contributed by atoms with Crippen LogP contribution in [0.3, 0.4) is 0 Å². The molecular weight excluding hydrogens is 472 g/mol. The molecule has 13 nitrogen and oxygen atoms in total. The zero-order chi connectivity index (χ0) is 27.8. The van der Waals surface area contributed by atoms with Crippen molar-refractivity contribution in [1.82, 2.24) is 21.3 Å². The number of aliphatic carboxylic acids is 1. The lowest BCUT2D eigenvalue weighted by atomic mass is 9.96. The molecule has 13 heteroatoms. The number of rotatable bonds is 18. The van der Waals surface area contributed by atoms with E-state index < -0.39 is 66.9 Å². The molecule has 0 rings (SSSR count). The number of carbonyl (C=O) groups is 5. The Morgan fingerprint density at radius 1 is 0.889 bits per heavy atom. The van der Waals surface area contributed by atoms with Crippen molar-refractivity contribution < 1.29 is 34.2 Å². The first kappa shape index (κ1) is 33.2. The lowest BCUT2D eigenvalue weighted by molar-refractivity contribution is -0.142. The molecule has 0 spiro atoms. The molecule has 0 saturated carbocycles. The molecule has 0 aromatic carbocycles. The van der Waals surface area contributed by atoms with Crippen LogP contribution in [0.5, 0.6) is 0 Å². The van der Waals surface area contributed by atoms with Crippen LogP contribution in [0.15, 0.2) is 0 Å². The highest BCUT2D eigenvalue weighted by atomic mass is 16.4. The molecular formula is C23H44N6O7. The highest BCUT2D eigenvalue weighted by Gasteiger charge is 2.31. The summed E-state index contributed by atoms with van der Waals surface area (Å²) in [6.45, 7) is 6.65. The number of hydrogen-bond donors (Lipinski definition) is 8. The Balaban J connectivity index is 5.25. The number of amides is 4. The van der Waals surface area contributed by atoms with Gasteiger partial charge in [0.1, 0.15) is 24.2 Å². The Labute approximate surface area is 212 Å². The van der Waals surface area contributed by atoms with Gasteiger partial charge < -0.3 is 42.9 Å². The van der Waals surface area contributed by atoms with Gasteiger partial charge in [-0.15, -0.1) is 0 Å². The number of carboxylic acids is 1. The molecule has 0 fully saturated rings. The van der Waals surface area contributed by atoms with Gasteiger partial charge in [-0.2, -0.15) is 0 Å². The Morgan fingerprint density at radius 3 is 2.03 bits per heavy atom. The van der Waals surface area contributed by atoms with Crippen LogP contribution in [0.2, 0.25) is 0 Å². The molecule has 0 aliphatic rings. The number of nitrogens with two attached hydrogens (primary N) is 2. The largest absolute Gasteiger partial charge is 0.480 e. The topological polar surface area (TPSA) is 226 Å². The number of carbonyl (C=O) groups excluding carboxylic acids is 4. The van der Waals surface area contributed by atoms with Gasteiger partial charge in [-0.1, -0.05) is 34.1 Å². The maximum absolute atomic E-state index is 13.0. The maximum Gasteiger partial charge on any atom is 0.326 e. The third-order valence-electron chi connectivity index (χ3n) is 5.67. The molecule has 5 atom stereocenters. The molecule has 0 aliphatic carbocycles. The van der Waals surface area contributed by atoms with E-state index in [9.17, 15) is 29.1 Å². The standard InChI is InChI=1S/C23H44N6O7/c1-5-14(4)19(29-21(33)17(10-13(2)3)28-20(32)15(25)12-30)22(34)26-11-18(31)27-16(23(35)36)8-6-7-9-24/h13-17,19,30H,5-12,24-25H2,1-4H3,(H,26,34)(H,27,31)(H,28,32)(H,29,33)(H,35,36)/t14-,15-,16-,17-,19-/m0/s1. The fourth-order valence-electron chi connectivity index (χ4n) is 3.29. The quantitative estimate of drug-likeness (QED) is 0.0958. The number of aliphatic hydroxyl groups excluding tert-OH is 1. The molecule has 0 aliphatic heterocycles. The van der Waals surface area contributed by atoms with Crippen LogP contribution >= 0.6 is 0 Å². The van der Waals surface area contributed by atoms with Gasteiger partial charge in [0.05, 0.1) is 13.2 Å². The highest BCUT2D eigenvalue weighted by molar-refractivity contribution is 5.94. The van der Waals surface area contributed by atoms with E-state index in [0.29, 0.717) is 25.8 Å². The lowest BCUT2D eigenvalue weighted by Gasteiger charge is -2.27. The minimum atomic E-state index is -1.19. The molecule has 0 saturated heterocycles. The van der Waals surface area contributed by atoms with E-state index in [-0.39, 0.29) is 24.7 Å². The molecule has 4 amide bonds. The minimum Gasteiger partial charge on any atom is -0.480 e. The Hall–Kier alpha value is -2.77. The van der Waals surface area contributed by atoms with Crippen molar-refractivity contribution in [2.24, 2.45) is 23.3 Å². The van der Waals surface area contributed by atoms with Crippen LogP contribution in [-0.4, -0.2) is 83.7 Å². The second kappa shape index (κ2) is 17.6. The molecule has 10 N–H and O–H groups in total. The van der Waals surface area contributed by atoms with E-state index in [0.717, 1.165) is 0 Å². The van der Waals surface area contributed by atoms with E-state index in [2.05, 4.69) is 21.3 Å². The summed E-state index contributed by atoms with van der Waals surface area (Å²) in [5, 5.41) is 28.3. The molecule has 208 valence electrons. The van der Waals surface area contributed by atoms with Crippen molar-refractivity contribution in [3.63, 3.8) is 0 Å². The van der Waals surface area contributed by atoms with Crippen LogP contribution in [0, 0.1) is 11.8 Å².